The van der Waals surface area contributed by atoms with E-state index in [1.54, 1.807) is 31.2 Å². The lowest BCUT2D eigenvalue weighted by atomic mass is 10.1. The largest absolute Gasteiger partial charge is 0.481 e. The first kappa shape index (κ1) is 53.1. The molecule has 2 aromatic heterocycles. The van der Waals surface area contributed by atoms with Gasteiger partial charge in [-0.2, -0.15) is 4.98 Å². The number of anilines is 2. The van der Waals surface area contributed by atoms with E-state index in [1.807, 2.05) is 6.92 Å². The van der Waals surface area contributed by atoms with Crippen molar-refractivity contribution in [2.24, 2.45) is 16.5 Å². The molecule has 0 unspecified atom stereocenters. The van der Waals surface area contributed by atoms with Crippen molar-refractivity contribution in [2.75, 3.05) is 29.1 Å². The molecule has 0 aliphatic heterocycles. The molecule has 1 aromatic carbocycles. The lowest BCUT2D eigenvalue weighted by Gasteiger charge is -2.25. The third-order valence-corrected chi connectivity index (χ3v) is 11.4. The van der Waals surface area contributed by atoms with E-state index in [9.17, 15) is 58.5 Å². The minimum Gasteiger partial charge on any atom is -0.481 e. The van der Waals surface area contributed by atoms with E-state index in [2.05, 4.69) is 56.8 Å². The second-order valence-electron chi connectivity index (χ2n) is 14.3. The Kier molecular flexibility index (Phi) is 21.4. The van der Waals surface area contributed by atoms with Crippen molar-refractivity contribution in [3.05, 3.63) is 52.1 Å². The van der Waals surface area contributed by atoms with Gasteiger partial charge in [-0.25, -0.2) is 14.8 Å². The molecule has 16 N–H and O–H groups in total. The highest BCUT2D eigenvalue weighted by molar-refractivity contribution is 8.76. The number of aliphatic carboxylic acids is 3. The van der Waals surface area contributed by atoms with Gasteiger partial charge in [-0.3, -0.25) is 48.3 Å². The summed E-state index contributed by atoms with van der Waals surface area (Å²) in [4.78, 5) is 132. The number of H-pyrrole nitrogens is 1. The van der Waals surface area contributed by atoms with Gasteiger partial charge in [0.25, 0.3) is 11.5 Å². The number of carboxylic acid groups (broad SMARTS) is 3. The van der Waals surface area contributed by atoms with Crippen LogP contribution in [0.25, 0.3) is 11.2 Å². The summed E-state index contributed by atoms with van der Waals surface area (Å²) in [6, 6.07) is -0.725. The molecule has 0 spiro atoms. The number of aliphatic imine (C=N–C) groups is 1. The van der Waals surface area contributed by atoms with Gasteiger partial charge in [0.2, 0.25) is 29.6 Å². The second-order valence-corrected chi connectivity index (χ2v) is 17.1. The molecular formula is C38H52N14O12S2. The fraction of sp³-hybridized carbons (Fsp3) is 0.447. The van der Waals surface area contributed by atoms with E-state index in [1.165, 1.54) is 17.0 Å². The van der Waals surface area contributed by atoms with Crippen LogP contribution >= 0.6 is 21.6 Å². The third-order valence-electron chi connectivity index (χ3n) is 8.96. The molecule has 5 amide bonds. The monoisotopic (exact) mass is 960 g/mol. The summed E-state index contributed by atoms with van der Waals surface area (Å²) in [5, 5.41) is 43.6. The number of hydrogen-bond acceptors (Lipinski definition) is 17. The molecule has 0 aliphatic rings. The Labute approximate surface area is 383 Å². The molecule has 0 saturated carbocycles. The van der Waals surface area contributed by atoms with E-state index in [-0.39, 0.29) is 73.2 Å². The average Bonchev–Trinajstić information content (AvgIpc) is 3.24. The number of carbonyl (C=O) groups is 8. The van der Waals surface area contributed by atoms with Crippen LogP contribution in [0.2, 0.25) is 0 Å². The molecule has 0 aliphatic carbocycles. The maximum atomic E-state index is 13.6. The molecule has 2 heterocycles. The Hall–Kier alpha value is -7.23. The van der Waals surface area contributed by atoms with Gasteiger partial charge < -0.3 is 64.4 Å². The van der Waals surface area contributed by atoms with Gasteiger partial charge >= 0.3 is 17.9 Å². The van der Waals surface area contributed by atoms with Crippen LogP contribution in [0.1, 0.15) is 68.4 Å². The quantitative estimate of drug-likeness (QED) is 0.0166. The van der Waals surface area contributed by atoms with Gasteiger partial charge in [-0.05, 0) is 50.5 Å². The summed E-state index contributed by atoms with van der Waals surface area (Å²) in [6.45, 7) is 3.61. The van der Waals surface area contributed by atoms with Gasteiger partial charge in [-0.15, -0.1) is 0 Å². The van der Waals surface area contributed by atoms with Gasteiger partial charge in [0, 0.05) is 41.8 Å². The number of benzene rings is 1. The van der Waals surface area contributed by atoms with Crippen molar-refractivity contribution in [1.29, 1.82) is 0 Å². The lowest BCUT2D eigenvalue weighted by molar-refractivity contribution is -0.143. The Morgan fingerprint density at radius 2 is 1.41 bits per heavy atom. The number of carboxylic acids is 3. The topological polar surface area (TPSA) is 431 Å². The first-order chi connectivity index (χ1) is 31.3. The minimum atomic E-state index is -1.80. The number of guanidine groups is 1. The van der Waals surface area contributed by atoms with Crippen LogP contribution in [0.5, 0.6) is 0 Å². The highest BCUT2D eigenvalue weighted by Gasteiger charge is 2.33. The summed E-state index contributed by atoms with van der Waals surface area (Å²) in [6.07, 6.45) is -0.856. The van der Waals surface area contributed by atoms with Gasteiger partial charge in [-0.1, -0.05) is 28.5 Å². The summed E-state index contributed by atoms with van der Waals surface area (Å²) >= 11 is 0. The number of hydrogen-bond donors (Lipinski definition) is 13. The Balaban J connectivity index is 1.61. The van der Waals surface area contributed by atoms with Crippen molar-refractivity contribution in [3.8, 4) is 0 Å². The molecule has 0 fully saturated rings. The zero-order chi connectivity index (χ0) is 48.9. The Morgan fingerprint density at radius 3 is 2.02 bits per heavy atom. The SMILES string of the molecule is CCSSC[C@H](NC(=O)[C@H](CC(=O)O)NC(=O)[C@H](CCCN=C(N)N)NC(=O)[C@H](CC(=O)O)NC(=O)CC[C@@H](C)NC(=O)c1ccc(NCc2cnc3nc(N)[nH]c(=O)c3n2)cc1)C(=O)O. The number of nitrogen functional groups attached to an aromatic ring is 1. The molecule has 3 rings (SSSR count). The Bertz CT molecular complexity index is 2310. The van der Waals surface area contributed by atoms with Crippen molar-refractivity contribution in [3.63, 3.8) is 0 Å². The molecular weight excluding hydrogens is 909 g/mol. The van der Waals surface area contributed by atoms with Crippen molar-refractivity contribution >= 4 is 97.8 Å². The highest BCUT2D eigenvalue weighted by atomic mass is 33.1. The Morgan fingerprint density at radius 1 is 0.803 bits per heavy atom. The molecule has 26 nitrogen and oxygen atoms in total. The van der Waals surface area contributed by atoms with Crippen molar-refractivity contribution in [1.82, 2.24) is 46.5 Å². The normalized spacial score (nSPS) is 13.1. The molecule has 28 heteroatoms. The summed E-state index contributed by atoms with van der Waals surface area (Å²) in [7, 11) is 2.48. The fourth-order valence-electron chi connectivity index (χ4n) is 5.71. The van der Waals surface area contributed by atoms with Crippen LogP contribution in [-0.2, 0) is 40.1 Å². The van der Waals surface area contributed by atoms with Crippen LogP contribution in [0.4, 0.5) is 11.6 Å². The maximum absolute atomic E-state index is 13.6. The smallest absolute Gasteiger partial charge is 0.327 e. The van der Waals surface area contributed by atoms with Crippen LogP contribution in [0.3, 0.4) is 0 Å². The average molecular weight is 961 g/mol. The van der Waals surface area contributed by atoms with E-state index in [0.29, 0.717) is 17.1 Å². The molecule has 0 radical (unpaired) electrons. The van der Waals surface area contributed by atoms with Gasteiger partial charge in [0.1, 0.15) is 24.2 Å². The number of aromatic nitrogens is 4. The number of rotatable bonds is 28. The number of nitrogens with zero attached hydrogens (tertiary/aromatic N) is 4. The van der Waals surface area contributed by atoms with Crippen LogP contribution in [-0.4, -0.2) is 137 Å². The van der Waals surface area contributed by atoms with Crippen molar-refractivity contribution in [2.45, 2.75) is 89.1 Å². The van der Waals surface area contributed by atoms with Crippen molar-refractivity contribution < 1.29 is 53.7 Å². The third kappa shape index (κ3) is 18.5. The first-order valence-electron chi connectivity index (χ1n) is 20.1. The highest BCUT2D eigenvalue weighted by Crippen LogP contribution is 2.21. The number of amides is 5. The molecule has 5 atom stereocenters. The lowest BCUT2D eigenvalue weighted by Crippen LogP contribution is -2.58. The molecule has 358 valence electrons. The van der Waals surface area contributed by atoms with Crippen LogP contribution in [0.15, 0.2) is 40.2 Å². The van der Waals surface area contributed by atoms with Crippen LogP contribution in [0, 0.1) is 0 Å². The second kappa shape index (κ2) is 26.5. The standard InChI is InChI=1S/C38H52N14O12S2/c1-3-65-66-17-25(36(63)64)50-34(61)24(14-28(56)57)49-32(59)22(5-4-12-42-37(39)40)48-33(60)23(13-27(54)55)47-26(53)11-6-18(2)45-31(58)19-7-9-20(10-8-19)43-15-21-16-44-30-29(46-21)35(62)52-38(41)51-30/h7-10,16,18,22-25,43H,3-6,11-15,17H2,1-2H3,(H,45,58)(H,47,53)(H,48,60)(H,49,59)(H,50,61)(H,54,55)(H,56,57)(H,63,64)(H4,39,40,42)(H3,41,44,51,52,62)/t18-,22+,23+,24+,25+/m1/s1. The number of carbonyl (C=O) groups excluding carboxylic acids is 5. The van der Waals surface area contributed by atoms with E-state index in [0.717, 1.165) is 10.8 Å². The minimum absolute atomic E-state index is 0.0228. The zero-order valence-electron chi connectivity index (χ0n) is 35.7. The first-order valence-corrected chi connectivity index (χ1v) is 22.6. The summed E-state index contributed by atoms with van der Waals surface area (Å²) in [5.74, 6) is -8.80. The fourth-order valence-corrected chi connectivity index (χ4v) is 7.53. The van der Waals surface area contributed by atoms with Gasteiger partial charge in [0.15, 0.2) is 17.1 Å². The van der Waals surface area contributed by atoms with E-state index >= 15 is 0 Å². The molecule has 0 saturated heterocycles. The zero-order valence-corrected chi connectivity index (χ0v) is 37.3. The van der Waals surface area contributed by atoms with Gasteiger partial charge in [0.05, 0.1) is 31.3 Å². The summed E-state index contributed by atoms with van der Waals surface area (Å²) < 4.78 is 0. The maximum Gasteiger partial charge on any atom is 0.327 e. The predicted molar refractivity (Wildman–Crippen MR) is 243 cm³/mol. The number of nitrogens with two attached hydrogens (primary N) is 3. The number of fused-ring (bicyclic) bond motifs is 1. The van der Waals surface area contributed by atoms with Crippen LogP contribution < -0.4 is 54.7 Å². The van der Waals surface area contributed by atoms with E-state index < -0.39 is 96.1 Å². The van der Waals surface area contributed by atoms with E-state index in [4.69, 9.17) is 17.2 Å². The number of nitrogens with one attached hydrogen (secondary N) is 7. The molecule has 3 aromatic rings. The summed E-state index contributed by atoms with van der Waals surface area (Å²) in [5.41, 5.74) is 17.2. The number of aromatic amines is 1. The predicted octanol–water partition coefficient (Wildman–Crippen LogP) is -1.77. The molecule has 66 heavy (non-hydrogen) atoms. The molecule has 0 bridgehead atoms.